The molecule has 1 aromatic rings. The Kier molecular flexibility index (Phi) is 6.43. The van der Waals surface area contributed by atoms with Crippen LogP contribution in [0, 0.1) is 5.92 Å². The van der Waals surface area contributed by atoms with E-state index in [9.17, 15) is 21.6 Å². The van der Waals surface area contributed by atoms with Crippen molar-refractivity contribution in [2.45, 2.75) is 38.2 Å². The fraction of sp³-hybridized carbons (Fsp3) is 0.562. The number of rotatable bonds is 8. The monoisotopic (exact) mass is 404 g/mol. The molecular weight excluding hydrogens is 380 g/mol. The number of amides is 1. The molecule has 1 aromatic carbocycles. The van der Waals surface area contributed by atoms with Gasteiger partial charge in [0.2, 0.25) is 26.0 Å². The second-order valence-electron chi connectivity index (χ2n) is 6.45. The van der Waals surface area contributed by atoms with Gasteiger partial charge in [-0.3, -0.25) is 4.79 Å². The molecule has 0 spiro atoms. The van der Waals surface area contributed by atoms with Crippen LogP contribution in [0.25, 0.3) is 0 Å². The maximum absolute atomic E-state index is 12.3. The number of anilines is 1. The van der Waals surface area contributed by atoms with Gasteiger partial charge in [-0.15, -0.1) is 0 Å². The van der Waals surface area contributed by atoms with Crippen LogP contribution in [0.1, 0.15) is 27.2 Å². The Morgan fingerprint density at radius 2 is 1.88 bits per heavy atom. The van der Waals surface area contributed by atoms with E-state index in [1.54, 1.807) is 6.92 Å². The Hall–Kier alpha value is -1.49. The molecule has 1 fully saturated rings. The van der Waals surface area contributed by atoms with Crippen LogP contribution < -0.4 is 9.03 Å². The average Bonchev–Trinajstić information content (AvgIpc) is 2.74. The lowest BCUT2D eigenvalue weighted by atomic mass is 10.2. The second kappa shape index (κ2) is 8.03. The van der Waals surface area contributed by atoms with Crippen LogP contribution in [0.2, 0.25) is 0 Å². The van der Waals surface area contributed by atoms with Gasteiger partial charge >= 0.3 is 0 Å². The number of hydrogen-bond donors (Lipinski definition) is 1. The molecule has 1 amide bonds. The third-order valence-electron chi connectivity index (χ3n) is 3.81. The predicted molar refractivity (Wildman–Crippen MR) is 97.8 cm³/mol. The molecule has 1 unspecified atom stereocenters. The molecule has 8 nitrogen and oxygen atoms in total. The van der Waals surface area contributed by atoms with Gasteiger partial charge < -0.3 is 4.74 Å². The molecule has 0 aliphatic carbocycles. The minimum Gasteiger partial charge on any atom is -0.379 e. The highest BCUT2D eigenvalue weighted by molar-refractivity contribution is 7.94. The van der Waals surface area contributed by atoms with E-state index in [1.165, 1.54) is 24.3 Å². The zero-order valence-electron chi connectivity index (χ0n) is 15.0. The van der Waals surface area contributed by atoms with Crippen LogP contribution >= 0.6 is 0 Å². The molecule has 1 heterocycles. The van der Waals surface area contributed by atoms with Crippen LogP contribution in [0.4, 0.5) is 5.69 Å². The fourth-order valence-electron chi connectivity index (χ4n) is 2.53. The Balaban J connectivity index is 2.06. The first-order chi connectivity index (χ1) is 12.0. The molecule has 1 atom stereocenters. The van der Waals surface area contributed by atoms with Crippen LogP contribution in [-0.4, -0.2) is 47.8 Å². The lowest BCUT2D eigenvalue weighted by Crippen LogP contribution is -2.30. The minimum atomic E-state index is -3.71. The fourth-order valence-corrected chi connectivity index (χ4v) is 5.42. The van der Waals surface area contributed by atoms with Crippen LogP contribution in [0.3, 0.4) is 0 Å². The summed E-state index contributed by atoms with van der Waals surface area (Å²) in [5, 5.41) is 0. The molecule has 2 rings (SSSR count). The van der Waals surface area contributed by atoms with Gasteiger partial charge in [0.05, 0.1) is 28.4 Å². The maximum Gasteiger partial charge on any atom is 0.244 e. The summed E-state index contributed by atoms with van der Waals surface area (Å²) in [6, 6.07) is 5.22. The quantitative estimate of drug-likeness (QED) is 0.650. The summed E-state index contributed by atoms with van der Waals surface area (Å²) in [6.45, 7) is 6.03. The molecule has 10 heteroatoms. The van der Waals surface area contributed by atoms with Crippen LogP contribution in [0.15, 0.2) is 29.2 Å². The number of sulfonamides is 2. The van der Waals surface area contributed by atoms with Crippen molar-refractivity contribution in [2.24, 2.45) is 5.92 Å². The Morgan fingerprint density at radius 3 is 2.38 bits per heavy atom. The van der Waals surface area contributed by atoms with Gasteiger partial charge in [-0.25, -0.2) is 25.9 Å². The number of nitrogens with zero attached hydrogens (tertiary/aromatic N) is 1. The summed E-state index contributed by atoms with van der Waals surface area (Å²) in [5.41, 5.74) is 0.142. The standard InChI is InChI=1S/C16H24N2O6S2/c1-12(2)24-10-4-9-17-26(22,23)15-7-5-14(6-8-15)18-16(19)13(3)11-25(18,20)21/h5-8,12-13,17H,4,9-11H2,1-3H3. The molecule has 1 aliphatic rings. The normalized spacial score (nSPS) is 20.1. The summed E-state index contributed by atoms with van der Waals surface area (Å²) in [7, 11) is -7.42. The Morgan fingerprint density at radius 1 is 1.27 bits per heavy atom. The molecule has 0 radical (unpaired) electrons. The number of nitrogens with one attached hydrogen (secondary N) is 1. The third-order valence-corrected chi connectivity index (χ3v) is 7.15. The summed E-state index contributed by atoms with van der Waals surface area (Å²) >= 11 is 0. The highest BCUT2D eigenvalue weighted by atomic mass is 32.2. The smallest absolute Gasteiger partial charge is 0.244 e. The van der Waals surface area contributed by atoms with Gasteiger partial charge in [-0.05, 0) is 44.5 Å². The van der Waals surface area contributed by atoms with Gasteiger partial charge in [-0.1, -0.05) is 6.92 Å². The van der Waals surface area contributed by atoms with Gasteiger partial charge in [0, 0.05) is 13.2 Å². The van der Waals surface area contributed by atoms with Gasteiger partial charge in [0.15, 0.2) is 0 Å². The van der Waals surface area contributed by atoms with E-state index < -0.39 is 31.9 Å². The van der Waals surface area contributed by atoms with Crippen LogP contribution in [-0.2, 0) is 29.6 Å². The number of hydrogen-bond acceptors (Lipinski definition) is 6. The van der Waals surface area contributed by atoms with Gasteiger partial charge in [-0.2, -0.15) is 0 Å². The summed E-state index contributed by atoms with van der Waals surface area (Å²) < 4.78 is 57.2. The first-order valence-corrected chi connectivity index (χ1v) is 11.4. The van der Waals surface area contributed by atoms with Crippen molar-refractivity contribution in [3.63, 3.8) is 0 Å². The number of benzene rings is 1. The summed E-state index contributed by atoms with van der Waals surface area (Å²) in [5.74, 6) is -1.37. The molecule has 0 saturated carbocycles. The maximum atomic E-state index is 12.3. The van der Waals surface area contributed by atoms with E-state index in [0.29, 0.717) is 13.0 Å². The van der Waals surface area contributed by atoms with E-state index in [0.717, 1.165) is 4.31 Å². The second-order valence-corrected chi connectivity index (χ2v) is 10.1. The number of ether oxygens (including phenoxy) is 1. The van der Waals surface area contributed by atoms with Crippen LogP contribution in [0.5, 0.6) is 0 Å². The molecule has 1 aliphatic heterocycles. The van der Waals surface area contributed by atoms with Crippen molar-refractivity contribution in [1.29, 1.82) is 0 Å². The zero-order chi connectivity index (χ0) is 19.5. The van der Waals surface area contributed by atoms with Gasteiger partial charge in [0.25, 0.3) is 0 Å². The van der Waals surface area contributed by atoms with Crippen molar-refractivity contribution in [3.05, 3.63) is 24.3 Å². The number of carbonyl (C=O) groups is 1. The zero-order valence-corrected chi connectivity index (χ0v) is 16.6. The topological polar surface area (TPSA) is 110 Å². The first-order valence-electron chi connectivity index (χ1n) is 8.33. The van der Waals surface area contributed by atoms with Crippen molar-refractivity contribution in [2.75, 3.05) is 23.2 Å². The molecule has 0 aromatic heterocycles. The predicted octanol–water partition coefficient (Wildman–Crippen LogP) is 1.09. The highest BCUT2D eigenvalue weighted by Gasteiger charge is 2.41. The Bertz CT molecular complexity index is 847. The van der Waals surface area contributed by atoms with Crippen molar-refractivity contribution < 1.29 is 26.4 Å². The lowest BCUT2D eigenvalue weighted by Gasteiger charge is -2.15. The van der Waals surface area contributed by atoms with Crippen molar-refractivity contribution in [1.82, 2.24) is 4.72 Å². The number of carbonyl (C=O) groups excluding carboxylic acids is 1. The van der Waals surface area contributed by atoms with E-state index in [4.69, 9.17) is 4.74 Å². The molecule has 0 bridgehead atoms. The SMILES string of the molecule is CC(C)OCCCNS(=O)(=O)c1ccc(N2C(=O)C(C)CS2(=O)=O)cc1. The average molecular weight is 405 g/mol. The summed E-state index contributed by atoms with van der Waals surface area (Å²) in [4.78, 5) is 12.1. The molecule has 146 valence electrons. The van der Waals surface area contributed by atoms with Gasteiger partial charge in [0.1, 0.15) is 0 Å². The highest BCUT2D eigenvalue weighted by Crippen LogP contribution is 2.28. The summed E-state index contributed by atoms with van der Waals surface area (Å²) in [6.07, 6.45) is 0.625. The van der Waals surface area contributed by atoms with Crippen molar-refractivity contribution in [3.8, 4) is 0 Å². The van der Waals surface area contributed by atoms with E-state index in [-0.39, 0.29) is 29.0 Å². The minimum absolute atomic E-state index is 0.00289. The van der Waals surface area contributed by atoms with E-state index in [1.807, 2.05) is 13.8 Å². The molecule has 26 heavy (non-hydrogen) atoms. The lowest BCUT2D eigenvalue weighted by molar-refractivity contribution is -0.119. The van der Waals surface area contributed by atoms with E-state index in [2.05, 4.69) is 4.72 Å². The molecular formula is C16H24N2O6S2. The third kappa shape index (κ3) is 4.81. The van der Waals surface area contributed by atoms with E-state index >= 15 is 0 Å². The van der Waals surface area contributed by atoms with Crippen molar-refractivity contribution >= 4 is 31.6 Å². The Labute approximate surface area is 154 Å². The largest absolute Gasteiger partial charge is 0.379 e. The first kappa shape index (κ1) is 20.8. The molecule has 1 N–H and O–H groups in total. The molecule has 1 saturated heterocycles.